The van der Waals surface area contributed by atoms with Crippen LogP contribution in [0.25, 0.3) is 10.9 Å². The van der Waals surface area contributed by atoms with Gasteiger partial charge in [0.05, 0.1) is 22.3 Å². The molecule has 1 amide bonds. The summed E-state index contributed by atoms with van der Waals surface area (Å²) in [7, 11) is 0. The van der Waals surface area contributed by atoms with Gasteiger partial charge in [-0.2, -0.15) is 0 Å². The zero-order chi connectivity index (χ0) is 17.3. The maximum absolute atomic E-state index is 12.6. The smallest absolute Gasteiger partial charge is 0.261 e. The minimum absolute atomic E-state index is 0.0604. The van der Waals surface area contributed by atoms with Crippen LogP contribution in [0.3, 0.4) is 0 Å². The predicted octanol–water partition coefficient (Wildman–Crippen LogP) is 3.40. The molecule has 5 nitrogen and oxygen atoms in total. The number of benzene rings is 1. The zero-order valence-electron chi connectivity index (χ0n) is 13.4. The third kappa shape index (κ3) is 3.57. The Labute approximate surface area is 150 Å². The van der Waals surface area contributed by atoms with Gasteiger partial charge in [0.2, 0.25) is 5.91 Å². The molecule has 1 fully saturated rings. The Hall–Kier alpha value is -1.59. The van der Waals surface area contributed by atoms with Crippen molar-refractivity contribution in [1.82, 2.24) is 14.9 Å². The molecule has 2 atom stereocenters. The molecule has 1 heterocycles. The predicted molar refractivity (Wildman–Crippen MR) is 95.6 cm³/mol. The van der Waals surface area contributed by atoms with Gasteiger partial charge in [0.25, 0.3) is 5.56 Å². The van der Waals surface area contributed by atoms with E-state index in [0.717, 1.165) is 19.3 Å². The number of carbonyl (C=O) groups is 1. The van der Waals surface area contributed by atoms with Crippen molar-refractivity contribution >= 4 is 40.0 Å². The number of halogens is 2. The van der Waals surface area contributed by atoms with Crippen LogP contribution in [0.15, 0.2) is 23.3 Å². The Morgan fingerprint density at radius 3 is 2.83 bits per heavy atom. The van der Waals surface area contributed by atoms with E-state index in [1.54, 1.807) is 6.07 Å². The Balaban J connectivity index is 1.81. The molecule has 1 N–H and O–H groups in total. The van der Waals surface area contributed by atoms with Crippen LogP contribution in [0.5, 0.6) is 0 Å². The molecule has 1 aliphatic rings. The van der Waals surface area contributed by atoms with E-state index in [4.69, 9.17) is 23.2 Å². The van der Waals surface area contributed by atoms with Gasteiger partial charge in [-0.3, -0.25) is 14.2 Å². The van der Waals surface area contributed by atoms with Crippen LogP contribution < -0.4 is 10.9 Å². The maximum atomic E-state index is 12.6. The van der Waals surface area contributed by atoms with Crippen molar-refractivity contribution in [3.8, 4) is 0 Å². The first-order chi connectivity index (χ1) is 11.5. The average molecular weight is 368 g/mol. The number of aromatic nitrogens is 2. The molecule has 7 heteroatoms. The van der Waals surface area contributed by atoms with E-state index < -0.39 is 0 Å². The second kappa shape index (κ2) is 7.11. The molecule has 1 saturated carbocycles. The molecule has 1 aromatic carbocycles. The van der Waals surface area contributed by atoms with Crippen molar-refractivity contribution in [2.45, 2.75) is 45.2 Å². The van der Waals surface area contributed by atoms with E-state index in [1.165, 1.54) is 23.4 Å². The summed E-state index contributed by atoms with van der Waals surface area (Å²) < 4.78 is 1.29. The van der Waals surface area contributed by atoms with Crippen LogP contribution in [0.4, 0.5) is 0 Å². The summed E-state index contributed by atoms with van der Waals surface area (Å²) in [6, 6.07) is 3.24. The number of nitrogens with one attached hydrogen (secondary N) is 1. The molecule has 1 aliphatic carbocycles. The Morgan fingerprint density at radius 2 is 2.08 bits per heavy atom. The summed E-state index contributed by atoms with van der Waals surface area (Å²) in [6.07, 6.45) is 5.81. The fourth-order valence-electron chi connectivity index (χ4n) is 3.25. The molecule has 0 saturated heterocycles. The Morgan fingerprint density at radius 1 is 1.33 bits per heavy atom. The van der Waals surface area contributed by atoms with Crippen molar-refractivity contribution in [2.75, 3.05) is 0 Å². The largest absolute Gasteiger partial charge is 0.352 e. The maximum Gasteiger partial charge on any atom is 0.261 e. The highest BCUT2D eigenvalue weighted by atomic mass is 35.5. The molecule has 0 radical (unpaired) electrons. The topological polar surface area (TPSA) is 64.0 Å². The van der Waals surface area contributed by atoms with E-state index in [1.807, 2.05) is 0 Å². The van der Waals surface area contributed by atoms with Gasteiger partial charge < -0.3 is 5.32 Å². The highest BCUT2D eigenvalue weighted by molar-refractivity contribution is 6.38. The molecular formula is C17H19Cl2N3O2. The fraction of sp³-hybridized carbons (Fsp3) is 0.471. The van der Waals surface area contributed by atoms with Crippen molar-refractivity contribution in [3.63, 3.8) is 0 Å². The number of rotatable bonds is 3. The second-order valence-corrected chi connectivity index (χ2v) is 7.24. The van der Waals surface area contributed by atoms with Crippen LogP contribution >= 0.6 is 23.2 Å². The van der Waals surface area contributed by atoms with Crippen molar-refractivity contribution in [3.05, 3.63) is 38.9 Å². The standard InChI is InChI=1S/C17H19Cl2N3O2/c1-10-4-2-3-5-14(10)21-15(23)8-22-9-20-16-12(17(22)24)6-11(18)7-13(16)19/h6-7,9-10,14H,2-5,8H2,1H3,(H,21,23)/t10-,14+/m0/s1. The number of hydrogen-bond donors (Lipinski definition) is 1. The van der Waals surface area contributed by atoms with Crippen LogP contribution in [-0.4, -0.2) is 21.5 Å². The minimum atomic E-state index is -0.323. The van der Waals surface area contributed by atoms with Gasteiger partial charge in [-0.1, -0.05) is 43.0 Å². The number of nitrogens with zero attached hydrogens (tertiary/aromatic N) is 2. The third-order valence-corrected chi connectivity index (χ3v) is 5.12. The van der Waals surface area contributed by atoms with Gasteiger partial charge in [0, 0.05) is 11.1 Å². The number of fused-ring (bicyclic) bond motifs is 1. The van der Waals surface area contributed by atoms with Crippen LogP contribution in [0.1, 0.15) is 32.6 Å². The number of carbonyl (C=O) groups excluding carboxylic acids is 1. The average Bonchev–Trinajstić information content (AvgIpc) is 2.53. The van der Waals surface area contributed by atoms with Gasteiger partial charge in [0.1, 0.15) is 6.54 Å². The summed E-state index contributed by atoms with van der Waals surface area (Å²) in [6.45, 7) is 2.09. The molecular weight excluding hydrogens is 349 g/mol. The van der Waals surface area contributed by atoms with Crippen molar-refractivity contribution in [2.24, 2.45) is 5.92 Å². The number of hydrogen-bond acceptors (Lipinski definition) is 3. The highest BCUT2D eigenvalue weighted by Gasteiger charge is 2.23. The van der Waals surface area contributed by atoms with Gasteiger partial charge in [-0.15, -0.1) is 0 Å². The van der Waals surface area contributed by atoms with E-state index in [2.05, 4.69) is 17.2 Å². The third-order valence-electron chi connectivity index (χ3n) is 4.62. The van der Waals surface area contributed by atoms with Crippen LogP contribution in [-0.2, 0) is 11.3 Å². The SMILES string of the molecule is C[C@H]1CCCC[C@H]1NC(=O)Cn1cnc2c(Cl)cc(Cl)cc2c1=O. The summed E-state index contributed by atoms with van der Waals surface area (Å²) in [5.41, 5.74) is 0.0693. The lowest BCUT2D eigenvalue weighted by atomic mass is 9.86. The Kier molecular flexibility index (Phi) is 5.11. The first-order valence-corrected chi connectivity index (χ1v) is 8.85. The molecule has 2 aromatic rings. The summed E-state index contributed by atoms with van der Waals surface area (Å²) >= 11 is 12.0. The number of amides is 1. The van der Waals surface area contributed by atoms with E-state index in [-0.39, 0.29) is 24.1 Å². The lowest BCUT2D eigenvalue weighted by Gasteiger charge is -2.29. The van der Waals surface area contributed by atoms with Gasteiger partial charge in [-0.05, 0) is 30.9 Å². The zero-order valence-corrected chi connectivity index (χ0v) is 14.9. The molecule has 1 aromatic heterocycles. The van der Waals surface area contributed by atoms with Crippen molar-refractivity contribution < 1.29 is 4.79 Å². The quantitative estimate of drug-likeness (QED) is 0.903. The molecule has 24 heavy (non-hydrogen) atoms. The van der Waals surface area contributed by atoms with E-state index >= 15 is 0 Å². The van der Waals surface area contributed by atoms with Crippen LogP contribution in [0.2, 0.25) is 10.0 Å². The molecule has 0 spiro atoms. The summed E-state index contributed by atoms with van der Waals surface area (Å²) in [5, 5.41) is 4.04. The van der Waals surface area contributed by atoms with Crippen molar-refractivity contribution in [1.29, 1.82) is 0 Å². The van der Waals surface area contributed by atoms with Gasteiger partial charge in [0.15, 0.2) is 0 Å². The Bertz CT molecular complexity index is 834. The lowest BCUT2D eigenvalue weighted by Crippen LogP contribution is -2.43. The van der Waals surface area contributed by atoms with Gasteiger partial charge in [-0.25, -0.2) is 4.98 Å². The second-order valence-electron chi connectivity index (χ2n) is 6.40. The first kappa shape index (κ1) is 17.2. The fourth-order valence-corrected chi connectivity index (χ4v) is 3.79. The molecule has 3 rings (SSSR count). The monoisotopic (exact) mass is 367 g/mol. The first-order valence-electron chi connectivity index (χ1n) is 8.09. The molecule has 0 bridgehead atoms. The van der Waals surface area contributed by atoms with Crippen LogP contribution in [0, 0.1) is 5.92 Å². The van der Waals surface area contributed by atoms with Gasteiger partial charge >= 0.3 is 0 Å². The highest BCUT2D eigenvalue weighted by Crippen LogP contribution is 2.24. The van der Waals surface area contributed by atoms with E-state index in [0.29, 0.717) is 26.9 Å². The minimum Gasteiger partial charge on any atom is -0.352 e. The molecule has 0 aliphatic heterocycles. The normalized spacial score (nSPS) is 21.0. The molecule has 0 unspecified atom stereocenters. The summed E-state index contributed by atoms with van der Waals surface area (Å²) in [4.78, 5) is 29.0. The summed E-state index contributed by atoms with van der Waals surface area (Å²) in [5.74, 6) is 0.289. The molecule has 128 valence electrons. The van der Waals surface area contributed by atoms with E-state index in [9.17, 15) is 9.59 Å². The lowest BCUT2D eigenvalue weighted by molar-refractivity contribution is -0.123.